The van der Waals surface area contributed by atoms with Gasteiger partial charge in [-0.3, -0.25) is 10.4 Å². The molecule has 9 heteroatoms. The molecule has 1 unspecified atom stereocenters. The van der Waals surface area contributed by atoms with Crippen LogP contribution in [0.1, 0.15) is 17.8 Å². The number of quaternary nitrogens is 1. The first-order chi connectivity index (χ1) is 14.3. The minimum absolute atomic E-state index is 0.101. The van der Waals surface area contributed by atoms with Crippen molar-refractivity contribution < 1.29 is 13.5 Å². The molecule has 30 heavy (non-hydrogen) atoms. The second kappa shape index (κ2) is 7.58. The van der Waals surface area contributed by atoms with Crippen molar-refractivity contribution in [2.75, 3.05) is 12.0 Å². The maximum absolute atomic E-state index is 13.1. The van der Waals surface area contributed by atoms with Gasteiger partial charge in [-0.15, -0.1) is 0 Å². The van der Waals surface area contributed by atoms with E-state index < -0.39 is 17.6 Å². The highest BCUT2D eigenvalue weighted by molar-refractivity contribution is 5.88. The highest BCUT2D eigenvalue weighted by Crippen LogP contribution is 2.39. The predicted molar refractivity (Wildman–Crippen MR) is 109 cm³/mol. The number of anilines is 1. The van der Waals surface area contributed by atoms with Gasteiger partial charge < -0.3 is 5.21 Å². The molecule has 1 aliphatic rings. The fraction of sp³-hybridized carbons (Fsp3) is 0.286. The number of nitrogens with zero attached hydrogens (tertiary/aromatic N) is 4. The lowest BCUT2D eigenvalue weighted by Crippen LogP contribution is -2.44. The van der Waals surface area contributed by atoms with E-state index in [4.69, 9.17) is 5.41 Å². The van der Waals surface area contributed by atoms with Gasteiger partial charge in [0.2, 0.25) is 12.0 Å². The molecular weight excluding hydrogens is 390 g/mol. The number of aryl methyl sites for hydroxylation is 2. The number of alkyl halides is 2. The summed E-state index contributed by atoms with van der Waals surface area (Å²) in [5.74, 6) is 0.406. The van der Waals surface area contributed by atoms with Gasteiger partial charge in [0.25, 0.3) is 0 Å². The highest BCUT2D eigenvalue weighted by Gasteiger charge is 2.34. The van der Waals surface area contributed by atoms with Crippen LogP contribution in [-0.4, -0.2) is 32.3 Å². The lowest BCUT2D eigenvalue weighted by molar-refractivity contribution is -0.874. The van der Waals surface area contributed by atoms with Crippen molar-refractivity contribution >= 4 is 5.82 Å². The largest absolute Gasteiger partial charge is 0.605 e. The van der Waals surface area contributed by atoms with Crippen molar-refractivity contribution in [2.24, 2.45) is 0 Å². The first kappa shape index (κ1) is 20.1. The van der Waals surface area contributed by atoms with Gasteiger partial charge in [0.15, 0.2) is 12.5 Å². The minimum Gasteiger partial charge on any atom is -0.605 e. The Morgan fingerprint density at radius 3 is 2.43 bits per heavy atom. The maximum Gasteiger partial charge on any atom is 0.244 e. The number of benzene rings is 1. The van der Waals surface area contributed by atoms with Crippen LogP contribution in [0.4, 0.5) is 14.6 Å². The molecule has 0 bridgehead atoms. The Morgan fingerprint density at radius 1 is 1.13 bits per heavy atom. The van der Waals surface area contributed by atoms with Crippen molar-refractivity contribution in [1.82, 2.24) is 14.5 Å². The first-order valence-electron chi connectivity index (χ1n) is 9.61. The molecule has 0 saturated carbocycles. The van der Waals surface area contributed by atoms with Gasteiger partial charge in [-0.1, -0.05) is 30.3 Å². The molecule has 0 amide bonds. The molecule has 3 heterocycles. The third-order valence-electron chi connectivity index (χ3n) is 5.02. The van der Waals surface area contributed by atoms with Gasteiger partial charge in [0.05, 0.1) is 17.7 Å². The normalized spacial score (nSPS) is 17.8. The summed E-state index contributed by atoms with van der Waals surface area (Å²) in [5.41, 5.74) is 7.15. The van der Waals surface area contributed by atoms with Crippen LogP contribution < -0.4 is 11.0 Å². The molecular formula is C21H22F2N6O. The van der Waals surface area contributed by atoms with E-state index in [2.05, 4.69) is 15.4 Å². The number of fused-ring (bicyclic) bond motifs is 1. The zero-order valence-electron chi connectivity index (χ0n) is 16.7. The fourth-order valence-electron chi connectivity index (χ4n) is 3.78. The number of aromatic nitrogens is 3. The van der Waals surface area contributed by atoms with Gasteiger partial charge in [-0.05, 0) is 31.5 Å². The van der Waals surface area contributed by atoms with E-state index in [0.717, 1.165) is 22.5 Å². The third kappa shape index (κ3) is 3.81. The van der Waals surface area contributed by atoms with E-state index in [1.54, 1.807) is 0 Å². The van der Waals surface area contributed by atoms with E-state index in [1.165, 1.54) is 4.57 Å². The van der Waals surface area contributed by atoms with E-state index in [1.807, 2.05) is 56.3 Å². The van der Waals surface area contributed by atoms with Crippen LogP contribution in [0.3, 0.4) is 0 Å². The molecule has 156 valence electrons. The lowest BCUT2D eigenvalue weighted by atomic mass is 9.99. The number of hydrogen-bond donors (Lipinski definition) is 2. The Balaban J connectivity index is 1.94. The SMILES string of the molecule is Cc1cc(-c2c(-c3ccccc3)nc(=N)n3c2N[N+]([O-])(CCC(F)F)C3)cc(C)n1. The van der Waals surface area contributed by atoms with Gasteiger partial charge in [-0.25, -0.2) is 28.5 Å². The Hall–Kier alpha value is -3.17. The molecule has 4 rings (SSSR count). The van der Waals surface area contributed by atoms with Crippen LogP contribution in [-0.2, 0) is 6.67 Å². The van der Waals surface area contributed by atoms with Gasteiger partial charge in [-0.2, -0.15) is 0 Å². The topological polar surface area (TPSA) is 89.7 Å². The molecule has 0 spiro atoms. The summed E-state index contributed by atoms with van der Waals surface area (Å²) in [6.07, 6.45) is -3.09. The zero-order chi connectivity index (χ0) is 21.5. The van der Waals surface area contributed by atoms with Crippen molar-refractivity contribution in [3.63, 3.8) is 0 Å². The summed E-state index contributed by atoms with van der Waals surface area (Å²) in [6, 6.07) is 13.2. The quantitative estimate of drug-likeness (QED) is 0.490. The smallest absolute Gasteiger partial charge is 0.244 e. The second-order valence-corrected chi connectivity index (χ2v) is 7.49. The molecule has 3 aromatic rings. The Labute approximate surface area is 172 Å². The van der Waals surface area contributed by atoms with E-state index in [9.17, 15) is 14.0 Å². The van der Waals surface area contributed by atoms with Crippen LogP contribution in [0.2, 0.25) is 0 Å². The lowest BCUT2D eigenvalue weighted by Gasteiger charge is -2.35. The molecule has 2 aromatic heterocycles. The van der Waals surface area contributed by atoms with E-state index >= 15 is 0 Å². The highest BCUT2D eigenvalue weighted by atomic mass is 19.3. The Bertz CT molecular complexity index is 1130. The number of halogens is 2. The number of rotatable bonds is 5. The van der Waals surface area contributed by atoms with Crippen molar-refractivity contribution in [3.05, 3.63) is 64.7 Å². The summed E-state index contributed by atoms with van der Waals surface area (Å²) in [4.78, 5) is 8.90. The molecule has 0 radical (unpaired) electrons. The molecule has 2 N–H and O–H groups in total. The predicted octanol–water partition coefficient (Wildman–Crippen LogP) is 3.98. The summed E-state index contributed by atoms with van der Waals surface area (Å²) in [5, 5.41) is 21.5. The number of hydroxylamine groups is 2. The molecule has 0 fully saturated rings. The maximum atomic E-state index is 13.1. The van der Waals surface area contributed by atoms with Gasteiger partial charge in [0, 0.05) is 17.0 Å². The van der Waals surface area contributed by atoms with Crippen molar-refractivity contribution in [1.29, 1.82) is 5.41 Å². The Morgan fingerprint density at radius 2 is 1.80 bits per heavy atom. The Kier molecular flexibility index (Phi) is 5.08. The number of pyridine rings is 1. The van der Waals surface area contributed by atoms with Crippen LogP contribution >= 0.6 is 0 Å². The summed E-state index contributed by atoms with van der Waals surface area (Å²) in [6.45, 7) is 3.25. The van der Waals surface area contributed by atoms with Crippen molar-refractivity contribution in [2.45, 2.75) is 33.4 Å². The fourth-order valence-corrected chi connectivity index (χ4v) is 3.78. The summed E-state index contributed by atoms with van der Waals surface area (Å²) >= 11 is 0. The minimum atomic E-state index is -2.57. The molecule has 0 saturated heterocycles. The second-order valence-electron chi connectivity index (χ2n) is 7.49. The first-order valence-corrected chi connectivity index (χ1v) is 9.61. The third-order valence-corrected chi connectivity index (χ3v) is 5.02. The van der Waals surface area contributed by atoms with Crippen LogP contribution in [0, 0.1) is 24.5 Å². The number of hydrogen-bond acceptors (Lipinski definition) is 5. The average Bonchev–Trinajstić information content (AvgIpc) is 3.04. The molecule has 1 aliphatic heterocycles. The number of nitrogens with one attached hydrogen (secondary N) is 2. The average molecular weight is 412 g/mol. The molecule has 1 aromatic carbocycles. The van der Waals surface area contributed by atoms with Gasteiger partial charge >= 0.3 is 0 Å². The zero-order valence-corrected chi connectivity index (χ0v) is 16.7. The van der Waals surface area contributed by atoms with Crippen LogP contribution in [0.25, 0.3) is 22.4 Å². The molecule has 7 nitrogen and oxygen atoms in total. The monoisotopic (exact) mass is 412 g/mol. The van der Waals surface area contributed by atoms with Crippen LogP contribution in [0.5, 0.6) is 0 Å². The standard InChI is InChI=1S/C21H22F2N6O/c1-13-10-16(11-14(2)25-13)18-19(15-6-4-3-5-7-15)26-21(24)28-12-29(30,27-20(18)28)9-8-17(22)23/h3-7,10-11,17,24,27H,8-9,12H2,1-2H3. The van der Waals surface area contributed by atoms with E-state index in [-0.39, 0.29) is 18.8 Å². The van der Waals surface area contributed by atoms with Crippen molar-refractivity contribution in [3.8, 4) is 22.4 Å². The van der Waals surface area contributed by atoms with E-state index in [0.29, 0.717) is 17.1 Å². The molecule has 1 atom stereocenters. The van der Waals surface area contributed by atoms with Crippen LogP contribution in [0.15, 0.2) is 42.5 Å². The summed E-state index contributed by atoms with van der Waals surface area (Å²) in [7, 11) is 0. The molecule has 0 aliphatic carbocycles. The van der Waals surface area contributed by atoms with Gasteiger partial charge in [0.1, 0.15) is 6.54 Å². The summed E-state index contributed by atoms with van der Waals surface area (Å²) < 4.78 is 25.9.